The smallest absolute Gasteiger partial charge is 0.143 e. The molecule has 2 aromatic rings. The number of hydrogen-bond donors (Lipinski definition) is 2. The molecule has 0 radical (unpaired) electrons. The van der Waals surface area contributed by atoms with Gasteiger partial charge in [-0.1, -0.05) is 35.3 Å². The van der Waals surface area contributed by atoms with Crippen molar-refractivity contribution >= 4 is 35.1 Å². The lowest BCUT2D eigenvalue weighted by Gasteiger charge is -2.04. The fraction of sp³-hybridized carbons (Fsp3) is 0.0714. The third-order valence-corrected chi connectivity index (χ3v) is 3.11. The van der Waals surface area contributed by atoms with E-state index in [0.29, 0.717) is 16.3 Å². The van der Waals surface area contributed by atoms with Crippen LogP contribution in [0, 0.1) is 6.92 Å². The van der Waals surface area contributed by atoms with Crippen molar-refractivity contribution < 1.29 is 10.2 Å². The first-order chi connectivity index (χ1) is 8.99. The zero-order valence-electron chi connectivity index (χ0n) is 10.1. The highest BCUT2D eigenvalue weighted by atomic mass is 35.5. The van der Waals surface area contributed by atoms with Gasteiger partial charge in [0.25, 0.3) is 0 Å². The van der Waals surface area contributed by atoms with Gasteiger partial charge < -0.3 is 10.2 Å². The molecular weight excluding hydrogens is 285 g/mol. The van der Waals surface area contributed by atoms with Gasteiger partial charge in [-0.3, -0.25) is 4.99 Å². The van der Waals surface area contributed by atoms with Gasteiger partial charge >= 0.3 is 0 Å². The van der Waals surface area contributed by atoms with Crippen LogP contribution in [0.15, 0.2) is 35.3 Å². The Bertz CT molecular complexity index is 634. The van der Waals surface area contributed by atoms with Crippen LogP contribution in [0.4, 0.5) is 5.69 Å². The van der Waals surface area contributed by atoms with Crippen molar-refractivity contribution in [3.63, 3.8) is 0 Å². The molecule has 0 fully saturated rings. The van der Waals surface area contributed by atoms with Gasteiger partial charge in [0.15, 0.2) is 0 Å². The highest BCUT2D eigenvalue weighted by molar-refractivity contribution is 6.36. The Morgan fingerprint density at radius 2 is 1.89 bits per heavy atom. The summed E-state index contributed by atoms with van der Waals surface area (Å²) in [4.78, 5) is 4.17. The molecule has 0 aliphatic rings. The molecule has 0 aromatic heterocycles. The summed E-state index contributed by atoms with van der Waals surface area (Å²) < 4.78 is 0. The second kappa shape index (κ2) is 5.51. The highest BCUT2D eigenvalue weighted by Crippen LogP contribution is 2.32. The van der Waals surface area contributed by atoms with Crippen molar-refractivity contribution in [2.45, 2.75) is 6.92 Å². The summed E-state index contributed by atoms with van der Waals surface area (Å²) in [5, 5.41) is 20.1. The quantitative estimate of drug-likeness (QED) is 0.804. The minimum atomic E-state index is -0.0945. The van der Waals surface area contributed by atoms with Gasteiger partial charge in [-0.2, -0.15) is 0 Å². The molecule has 2 rings (SSSR count). The van der Waals surface area contributed by atoms with Crippen LogP contribution in [0.5, 0.6) is 11.5 Å². The topological polar surface area (TPSA) is 52.8 Å². The van der Waals surface area contributed by atoms with Crippen LogP contribution in [0.25, 0.3) is 0 Å². The number of para-hydroxylation sites is 1. The largest absolute Gasteiger partial charge is 0.506 e. The van der Waals surface area contributed by atoms with Gasteiger partial charge in [-0.15, -0.1) is 0 Å². The molecule has 3 nitrogen and oxygen atoms in total. The molecule has 0 aliphatic heterocycles. The normalized spacial score (nSPS) is 11.1. The average molecular weight is 296 g/mol. The van der Waals surface area contributed by atoms with E-state index in [0.717, 1.165) is 5.56 Å². The van der Waals surface area contributed by atoms with Gasteiger partial charge in [0.1, 0.15) is 17.2 Å². The lowest BCUT2D eigenvalue weighted by Crippen LogP contribution is -1.85. The maximum atomic E-state index is 9.79. The van der Waals surface area contributed by atoms with Crippen LogP contribution in [-0.2, 0) is 0 Å². The predicted octanol–water partition coefficient (Wildman–Crippen LogP) is 4.46. The Morgan fingerprint density at radius 3 is 2.58 bits per heavy atom. The van der Waals surface area contributed by atoms with Gasteiger partial charge in [-0.25, -0.2) is 0 Å². The fourth-order valence-corrected chi connectivity index (χ4v) is 2.14. The molecule has 0 saturated carbocycles. The van der Waals surface area contributed by atoms with E-state index in [4.69, 9.17) is 23.2 Å². The summed E-state index contributed by atoms with van der Waals surface area (Å²) in [6.45, 7) is 1.83. The van der Waals surface area contributed by atoms with Crippen molar-refractivity contribution in [3.8, 4) is 11.5 Å². The zero-order chi connectivity index (χ0) is 14.0. The lowest BCUT2D eigenvalue weighted by molar-refractivity contribution is 0.474. The Morgan fingerprint density at radius 1 is 1.16 bits per heavy atom. The number of aliphatic imine (C=N–C) groups is 1. The summed E-state index contributed by atoms with van der Waals surface area (Å²) in [6, 6.07) is 8.10. The molecule has 0 bridgehead atoms. The van der Waals surface area contributed by atoms with E-state index in [1.54, 1.807) is 18.2 Å². The third-order valence-electron chi connectivity index (χ3n) is 2.61. The van der Waals surface area contributed by atoms with Gasteiger partial charge in [-0.05, 0) is 30.7 Å². The van der Waals surface area contributed by atoms with Gasteiger partial charge in [0, 0.05) is 16.8 Å². The molecule has 2 aromatic carbocycles. The standard InChI is InChI=1S/C14H11Cl2NO2/c1-8-3-2-4-12(18)13(8)17-7-9-5-10(15)6-11(16)14(9)19/h2-7,18-19H,1H3. The van der Waals surface area contributed by atoms with E-state index in [1.165, 1.54) is 12.3 Å². The molecule has 0 amide bonds. The molecule has 0 aliphatic carbocycles. The lowest BCUT2D eigenvalue weighted by atomic mass is 10.2. The van der Waals surface area contributed by atoms with E-state index < -0.39 is 0 Å². The number of rotatable bonds is 2. The first-order valence-corrected chi connectivity index (χ1v) is 6.25. The van der Waals surface area contributed by atoms with Gasteiger partial charge in [0.2, 0.25) is 0 Å². The molecule has 98 valence electrons. The first-order valence-electron chi connectivity index (χ1n) is 5.49. The number of aromatic hydroxyl groups is 2. The maximum absolute atomic E-state index is 9.79. The Labute approximate surface area is 120 Å². The SMILES string of the molecule is Cc1cccc(O)c1N=Cc1cc(Cl)cc(Cl)c1O. The molecule has 0 unspecified atom stereocenters. The predicted molar refractivity (Wildman–Crippen MR) is 78.2 cm³/mol. The first kappa shape index (κ1) is 13.7. The second-order valence-corrected chi connectivity index (χ2v) is 4.87. The summed E-state index contributed by atoms with van der Waals surface area (Å²) in [5.41, 5.74) is 1.65. The number of phenols is 2. The Balaban J connectivity index is 2.44. The molecule has 2 N–H and O–H groups in total. The minimum absolute atomic E-state index is 0.0730. The van der Waals surface area contributed by atoms with Crippen LogP contribution in [0.3, 0.4) is 0 Å². The molecule has 0 saturated heterocycles. The van der Waals surface area contributed by atoms with Crippen LogP contribution < -0.4 is 0 Å². The maximum Gasteiger partial charge on any atom is 0.143 e. The molecule has 0 atom stereocenters. The number of halogens is 2. The summed E-state index contributed by atoms with van der Waals surface area (Å²) >= 11 is 11.7. The fourth-order valence-electron chi connectivity index (χ4n) is 1.63. The number of phenolic OH excluding ortho intramolecular Hbond substituents is 2. The van der Waals surface area contributed by atoms with Crippen molar-refractivity contribution in [1.82, 2.24) is 0 Å². The monoisotopic (exact) mass is 295 g/mol. The zero-order valence-corrected chi connectivity index (χ0v) is 11.6. The molecule has 19 heavy (non-hydrogen) atoms. The average Bonchev–Trinajstić information content (AvgIpc) is 2.34. The molecular formula is C14H11Cl2NO2. The Hall–Kier alpha value is -1.71. The third kappa shape index (κ3) is 3.00. The van der Waals surface area contributed by atoms with E-state index in [1.807, 2.05) is 13.0 Å². The van der Waals surface area contributed by atoms with E-state index in [-0.39, 0.29) is 16.5 Å². The number of aryl methyl sites for hydroxylation is 1. The van der Waals surface area contributed by atoms with Crippen molar-refractivity contribution in [2.75, 3.05) is 0 Å². The number of nitrogens with zero attached hydrogens (tertiary/aromatic N) is 1. The molecule has 0 heterocycles. The van der Waals surface area contributed by atoms with Crippen LogP contribution >= 0.6 is 23.2 Å². The van der Waals surface area contributed by atoms with E-state index in [2.05, 4.69) is 4.99 Å². The summed E-state index contributed by atoms with van der Waals surface area (Å²) in [5.74, 6) is -0.0215. The molecule has 5 heteroatoms. The number of hydrogen-bond acceptors (Lipinski definition) is 3. The summed E-state index contributed by atoms with van der Waals surface area (Å²) in [6.07, 6.45) is 1.41. The second-order valence-electron chi connectivity index (χ2n) is 4.03. The minimum Gasteiger partial charge on any atom is -0.506 e. The van der Waals surface area contributed by atoms with Gasteiger partial charge in [0.05, 0.1) is 5.02 Å². The number of benzene rings is 2. The molecule has 0 spiro atoms. The van der Waals surface area contributed by atoms with Crippen LogP contribution in [0.2, 0.25) is 10.0 Å². The van der Waals surface area contributed by atoms with Crippen molar-refractivity contribution in [1.29, 1.82) is 0 Å². The van der Waals surface area contributed by atoms with Crippen molar-refractivity contribution in [3.05, 3.63) is 51.5 Å². The Kier molecular flexibility index (Phi) is 3.98. The van der Waals surface area contributed by atoms with Crippen molar-refractivity contribution in [2.24, 2.45) is 4.99 Å². The summed E-state index contributed by atoms with van der Waals surface area (Å²) in [7, 11) is 0. The van der Waals surface area contributed by atoms with E-state index in [9.17, 15) is 10.2 Å². The van der Waals surface area contributed by atoms with Crippen LogP contribution in [-0.4, -0.2) is 16.4 Å². The highest BCUT2D eigenvalue weighted by Gasteiger charge is 2.07. The van der Waals surface area contributed by atoms with E-state index >= 15 is 0 Å². The van der Waals surface area contributed by atoms with Crippen LogP contribution in [0.1, 0.15) is 11.1 Å².